The molecule has 2 N–H and O–H groups in total. The van der Waals surface area contributed by atoms with Crippen LogP contribution in [0.3, 0.4) is 0 Å². The summed E-state index contributed by atoms with van der Waals surface area (Å²) in [5, 5.41) is 12.1. The fraction of sp³-hybridized carbons (Fsp3) is 0.867. The van der Waals surface area contributed by atoms with Crippen LogP contribution >= 0.6 is 0 Å². The monoisotopic (exact) mass is 284 g/mol. The molecule has 5 heteroatoms. The minimum absolute atomic E-state index is 0.164. The third-order valence-corrected chi connectivity index (χ3v) is 3.88. The Morgan fingerprint density at radius 3 is 2.55 bits per heavy atom. The standard InChI is InChI=1S/C15H28N2O3/c1-5-11-7-6-8-17(9-11)13(19)12(10-18)16-14(20)15(2,3)4/h11-12,18H,5-10H2,1-4H3,(H,16,20). The molecule has 0 aromatic carbocycles. The number of amides is 2. The lowest BCUT2D eigenvalue weighted by atomic mass is 9.94. The van der Waals surface area contributed by atoms with Gasteiger partial charge in [-0.15, -0.1) is 0 Å². The van der Waals surface area contributed by atoms with E-state index in [1.54, 1.807) is 25.7 Å². The molecule has 0 saturated carbocycles. The van der Waals surface area contributed by atoms with Gasteiger partial charge in [0, 0.05) is 18.5 Å². The van der Waals surface area contributed by atoms with E-state index in [9.17, 15) is 14.7 Å². The fourth-order valence-corrected chi connectivity index (χ4v) is 2.38. The second-order valence-electron chi connectivity index (χ2n) is 6.66. The zero-order valence-electron chi connectivity index (χ0n) is 13.1. The van der Waals surface area contributed by atoms with Gasteiger partial charge in [-0.2, -0.15) is 0 Å². The van der Waals surface area contributed by atoms with E-state index >= 15 is 0 Å². The Balaban J connectivity index is 2.65. The van der Waals surface area contributed by atoms with E-state index in [0.717, 1.165) is 32.4 Å². The fourth-order valence-electron chi connectivity index (χ4n) is 2.38. The van der Waals surface area contributed by atoms with Crippen molar-refractivity contribution in [3.63, 3.8) is 0 Å². The summed E-state index contributed by atoms with van der Waals surface area (Å²) >= 11 is 0. The van der Waals surface area contributed by atoms with Gasteiger partial charge in [0.25, 0.3) is 0 Å². The Morgan fingerprint density at radius 2 is 2.05 bits per heavy atom. The predicted molar refractivity (Wildman–Crippen MR) is 78.1 cm³/mol. The second kappa shape index (κ2) is 7.07. The molecule has 0 aliphatic carbocycles. The highest BCUT2D eigenvalue weighted by Gasteiger charge is 2.31. The first-order valence-electron chi connectivity index (χ1n) is 7.50. The van der Waals surface area contributed by atoms with Crippen molar-refractivity contribution in [2.45, 2.75) is 53.0 Å². The van der Waals surface area contributed by atoms with Crippen LogP contribution in [0.1, 0.15) is 47.0 Å². The van der Waals surface area contributed by atoms with Crippen molar-refractivity contribution in [3.05, 3.63) is 0 Å². The summed E-state index contributed by atoms with van der Waals surface area (Å²) in [6.45, 7) is 8.59. The molecule has 0 bridgehead atoms. The number of hydrogen-bond acceptors (Lipinski definition) is 3. The van der Waals surface area contributed by atoms with Crippen LogP contribution in [0.2, 0.25) is 0 Å². The molecule has 1 heterocycles. The minimum atomic E-state index is -0.822. The molecule has 0 radical (unpaired) electrons. The molecule has 2 unspecified atom stereocenters. The highest BCUT2D eigenvalue weighted by molar-refractivity contribution is 5.89. The highest BCUT2D eigenvalue weighted by atomic mass is 16.3. The Bertz CT molecular complexity index is 350. The predicted octanol–water partition coefficient (Wildman–Crippen LogP) is 1.16. The molecule has 0 spiro atoms. The van der Waals surface area contributed by atoms with Crippen LogP contribution in [0.4, 0.5) is 0 Å². The lowest BCUT2D eigenvalue weighted by molar-refractivity contribution is -0.141. The number of carbonyl (C=O) groups is 2. The van der Waals surface area contributed by atoms with Crippen LogP contribution < -0.4 is 5.32 Å². The summed E-state index contributed by atoms with van der Waals surface area (Å²) in [7, 11) is 0. The first kappa shape index (κ1) is 17.0. The Kier molecular flexibility index (Phi) is 5.99. The molecule has 0 aromatic heterocycles. The molecule has 1 aliphatic heterocycles. The zero-order chi connectivity index (χ0) is 15.3. The summed E-state index contributed by atoms with van der Waals surface area (Å²) in [5.41, 5.74) is -0.568. The molecule has 1 aliphatic rings. The van der Waals surface area contributed by atoms with Gasteiger partial charge in [-0.1, -0.05) is 34.1 Å². The minimum Gasteiger partial charge on any atom is -0.394 e. The zero-order valence-corrected chi connectivity index (χ0v) is 13.1. The molecular formula is C15H28N2O3. The number of carbonyl (C=O) groups excluding carboxylic acids is 2. The van der Waals surface area contributed by atoms with Gasteiger partial charge in [0.05, 0.1) is 6.61 Å². The first-order valence-corrected chi connectivity index (χ1v) is 7.50. The molecular weight excluding hydrogens is 256 g/mol. The molecule has 1 saturated heterocycles. The van der Waals surface area contributed by atoms with Crippen LogP contribution in [-0.4, -0.2) is 47.6 Å². The normalized spacial score (nSPS) is 21.4. The Morgan fingerprint density at radius 1 is 1.40 bits per heavy atom. The third-order valence-electron chi connectivity index (χ3n) is 3.88. The Hall–Kier alpha value is -1.10. The molecule has 1 rings (SSSR count). The first-order chi connectivity index (χ1) is 9.29. The van der Waals surface area contributed by atoms with Crippen molar-refractivity contribution in [2.24, 2.45) is 11.3 Å². The van der Waals surface area contributed by atoms with Gasteiger partial charge in [0.1, 0.15) is 6.04 Å². The smallest absolute Gasteiger partial charge is 0.247 e. The van der Waals surface area contributed by atoms with Crippen molar-refractivity contribution in [1.82, 2.24) is 10.2 Å². The topological polar surface area (TPSA) is 69.6 Å². The van der Waals surface area contributed by atoms with Crippen molar-refractivity contribution < 1.29 is 14.7 Å². The number of nitrogens with zero attached hydrogens (tertiary/aromatic N) is 1. The average Bonchev–Trinajstić information content (AvgIpc) is 2.42. The van der Waals surface area contributed by atoms with E-state index in [-0.39, 0.29) is 18.4 Å². The van der Waals surface area contributed by atoms with E-state index in [2.05, 4.69) is 12.2 Å². The average molecular weight is 284 g/mol. The van der Waals surface area contributed by atoms with Gasteiger partial charge < -0.3 is 15.3 Å². The van der Waals surface area contributed by atoms with Crippen molar-refractivity contribution in [1.29, 1.82) is 0 Å². The number of likely N-dealkylation sites (tertiary alicyclic amines) is 1. The van der Waals surface area contributed by atoms with E-state index in [1.165, 1.54) is 0 Å². The van der Waals surface area contributed by atoms with Crippen LogP contribution in [0.25, 0.3) is 0 Å². The summed E-state index contributed by atoms with van der Waals surface area (Å²) in [5.74, 6) is 0.155. The summed E-state index contributed by atoms with van der Waals surface area (Å²) in [6, 6.07) is -0.822. The quantitative estimate of drug-likeness (QED) is 0.814. The van der Waals surface area contributed by atoms with Gasteiger partial charge >= 0.3 is 0 Å². The summed E-state index contributed by atoms with van der Waals surface area (Å²) < 4.78 is 0. The lowest BCUT2D eigenvalue weighted by Crippen LogP contribution is -2.54. The number of hydrogen-bond donors (Lipinski definition) is 2. The highest BCUT2D eigenvalue weighted by Crippen LogP contribution is 2.20. The van der Waals surface area contributed by atoms with Gasteiger partial charge in [0.15, 0.2) is 0 Å². The van der Waals surface area contributed by atoms with Crippen molar-refractivity contribution >= 4 is 11.8 Å². The number of nitrogens with one attached hydrogen (secondary N) is 1. The van der Waals surface area contributed by atoms with Crippen LogP contribution in [-0.2, 0) is 9.59 Å². The van der Waals surface area contributed by atoms with Crippen LogP contribution in [0.5, 0.6) is 0 Å². The van der Waals surface area contributed by atoms with Gasteiger partial charge in [-0.3, -0.25) is 9.59 Å². The largest absolute Gasteiger partial charge is 0.394 e. The molecule has 2 amide bonds. The maximum atomic E-state index is 12.4. The molecule has 1 fully saturated rings. The van der Waals surface area contributed by atoms with E-state index < -0.39 is 11.5 Å². The van der Waals surface area contributed by atoms with E-state index in [0.29, 0.717) is 5.92 Å². The van der Waals surface area contributed by atoms with Gasteiger partial charge in [0.2, 0.25) is 11.8 Å². The van der Waals surface area contributed by atoms with Gasteiger partial charge in [-0.05, 0) is 18.8 Å². The van der Waals surface area contributed by atoms with Crippen molar-refractivity contribution in [3.8, 4) is 0 Å². The molecule has 116 valence electrons. The number of aliphatic hydroxyl groups excluding tert-OH is 1. The number of rotatable bonds is 4. The number of piperidine rings is 1. The van der Waals surface area contributed by atoms with Crippen LogP contribution in [0, 0.1) is 11.3 Å². The van der Waals surface area contributed by atoms with E-state index in [1.807, 2.05) is 0 Å². The second-order valence-corrected chi connectivity index (χ2v) is 6.66. The number of aliphatic hydroxyl groups is 1. The summed E-state index contributed by atoms with van der Waals surface area (Å²) in [6.07, 6.45) is 3.20. The SMILES string of the molecule is CCC1CCCN(C(=O)C(CO)NC(=O)C(C)(C)C)C1. The van der Waals surface area contributed by atoms with E-state index in [4.69, 9.17) is 0 Å². The molecule has 2 atom stereocenters. The maximum Gasteiger partial charge on any atom is 0.247 e. The van der Waals surface area contributed by atoms with Gasteiger partial charge in [-0.25, -0.2) is 0 Å². The van der Waals surface area contributed by atoms with Crippen molar-refractivity contribution in [2.75, 3.05) is 19.7 Å². The Labute approximate surface area is 121 Å². The van der Waals surface area contributed by atoms with Crippen LogP contribution in [0.15, 0.2) is 0 Å². The molecule has 5 nitrogen and oxygen atoms in total. The molecule has 0 aromatic rings. The third kappa shape index (κ3) is 4.47. The maximum absolute atomic E-state index is 12.4. The summed E-state index contributed by atoms with van der Waals surface area (Å²) in [4.78, 5) is 26.1. The lowest BCUT2D eigenvalue weighted by Gasteiger charge is -2.35. The molecule has 20 heavy (non-hydrogen) atoms.